The molecule has 0 saturated carbocycles. The van der Waals surface area contributed by atoms with Crippen LogP contribution in [-0.4, -0.2) is 89.4 Å². The van der Waals surface area contributed by atoms with Crippen LogP contribution in [0.1, 0.15) is 12.0 Å². The quantitative estimate of drug-likeness (QED) is 0.659. The highest BCUT2D eigenvalue weighted by Crippen LogP contribution is 2.24. The molecule has 1 atom stereocenters. The number of sulfonamides is 1. The zero-order chi connectivity index (χ0) is 21.2. The fraction of sp³-hybridized carbons (Fsp3) is 0.611. The van der Waals surface area contributed by atoms with Crippen LogP contribution in [0.2, 0.25) is 0 Å². The van der Waals surface area contributed by atoms with Gasteiger partial charge in [-0.05, 0) is 38.1 Å². The van der Waals surface area contributed by atoms with Gasteiger partial charge in [0.1, 0.15) is 0 Å². The van der Waals surface area contributed by atoms with Crippen molar-refractivity contribution in [3.8, 4) is 0 Å². The second-order valence-corrected chi connectivity index (χ2v) is 11.7. The molecular weight excluding hydrogens is 418 g/mol. The molecular formula is C18H27N3O6S2. The lowest BCUT2D eigenvalue weighted by Crippen LogP contribution is -2.40. The molecule has 11 heteroatoms. The van der Waals surface area contributed by atoms with E-state index in [4.69, 9.17) is 4.74 Å². The van der Waals surface area contributed by atoms with Gasteiger partial charge < -0.3 is 10.1 Å². The third-order valence-electron chi connectivity index (χ3n) is 5.32. The molecule has 9 nitrogen and oxygen atoms in total. The summed E-state index contributed by atoms with van der Waals surface area (Å²) in [4.78, 5) is 14.3. The van der Waals surface area contributed by atoms with Gasteiger partial charge in [-0.3, -0.25) is 9.69 Å². The van der Waals surface area contributed by atoms with Crippen molar-refractivity contribution < 1.29 is 26.4 Å². The first-order valence-corrected chi connectivity index (χ1v) is 12.7. The number of rotatable bonds is 6. The topological polar surface area (TPSA) is 113 Å². The number of ether oxygens (including phenoxy) is 1. The molecule has 0 bridgehead atoms. The van der Waals surface area contributed by atoms with Crippen molar-refractivity contribution in [2.75, 3.05) is 56.7 Å². The van der Waals surface area contributed by atoms with Crippen LogP contribution in [0.3, 0.4) is 0 Å². The number of morpholine rings is 1. The second kappa shape index (κ2) is 8.68. The highest BCUT2D eigenvalue weighted by Gasteiger charge is 2.31. The minimum Gasteiger partial charge on any atom is -0.379 e. The van der Waals surface area contributed by atoms with Crippen LogP contribution in [0.5, 0.6) is 0 Å². The first-order chi connectivity index (χ1) is 13.6. The molecule has 0 unspecified atom stereocenters. The summed E-state index contributed by atoms with van der Waals surface area (Å²) < 4.78 is 55.5. The average molecular weight is 446 g/mol. The number of benzene rings is 1. The van der Waals surface area contributed by atoms with Gasteiger partial charge in [0.2, 0.25) is 15.9 Å². The van der Waals surface area contributed by atoms with E-state index in [1.54, 1.807) is 24.9 Å². The van der Waals surface area contributed by atoms with Gasteiger partial charge in [-0.15, -0.1) is 0 Å². The number of likely N-dealkylation sites (N-methyl/N-ethyl adjacent to an activating group) is 1. The first-order valence-electron chi connectivity index (χ1n) is 9.47. The molecule has 2 aliphatic heterocycles. The minimum atomic E-state index is -3.66. The van der Waals surface area contributed by atoms with Crippen molar-refractivity contribution in [3.63, 3.8) is 0 Å². The number of aryl methyl sites for hydroxylation is 1. The van der Waals surface area contributed by atoms with Crippen LogP contribution in [-0.2, 0) is 29.4 Å². The number of carbonyl (C=O) groups is 1. The predicted molar refractivity (Wildman–Crippen MR) is 109 cm³/mol. The molecule has 2 saturated heterocycles. The molecule has 0 aliphatic carbocycles. The molecule has 29 heavy (non-hydrogen) atoms. The van der Waals surface area contributed by atoms with Crippen molar-refractivity contribution in [1.82, 2.24) is 9.21 Å². The zero-order valence-electron chi connectivity index (χ0n) is 16.6. The van der Waals surface area contributed by atoms with Crippen LogP contribution >= 0.6 is 0 Å². The van der Waals surface area contributed by atoms with Crippen molar-refractivity contribution >= 4 is 31.5 Å². The number of nitrogens with one attached hydrogen (secondary N) is 1. The first kappa shape index (κ1) is 22.2. The molecule has 2 fully saturated rings. The van der Waals surface area contributed by atoms with Crippen molar-refractivity contribution in [3.05, 3.63) is 23.8 Å². The van der Waals surface area contributed by atoms with Crippen molar-refractivity contribution in [1.29, 1.82) is 0 Å². The van der Waals surface area contributed by atoms with E-state index in [0.717, 1.165) is 5.56 Å². The maximum Gasteiger partial charge on any atom is 0.243 e. The third-order valence-corrected chi connectivity index (χ3v) is 8.96. The summed E-state index contributed by atoms with van der Waals surface area (Å²) in [6.45, 7) is 3.13. The van der Waals surface area contributed by atoms with E-state index in [-0.39, 0.29) is 34.9 Å². The molecule has 1 aromatic carbocycles. The third kappa shape index (κ3) is 5.34. The number of hydrogen-bond acceptors (Lipinski definition) is 7. The van der Waals surface area contributed by atoms with Crippen LogP contribution in [0.15, 0.2) is 23.1 Å². The smallest absolute Gasteiger partial charge is 0.243 e. The number of nitrogens with zero attached hydrogens (tertiary/aromatic N) is 2. The van der Waals surface area contributed by atoms with Gasteiger partial charge >= 0.3 is 0 Å². The van der Waals surface area contributed by atoms with E-state index < -0.39 is 19.9 Å². The summed E-state index contributed by atoms with van der Waals surface area (Å²) in [5, 5.41) is 2.76. The van der Waals surface area contributed by atoms with E-state index >= 15 is 0 Å². The molecule has 0 aromatic heterocycles. The van der Waals surface area contributed by atoms with Gasteiger partial charge in [-0.1, -0.05) is 6.07 Å². The molecule has 0 spiro atoms. The molecule has 2 aliphatic rings. The Kier molecular flexibility index (Phi) is 6.64. The van der Waals surface area contributed by atoms with Gasteiger partial charge in [0.05, 0.1) is 36.2 Å². The van der Waals surface area contributed by atoms with E-state index in [1.165, 1.54) is 16.4 Å². The molecule has 1 amide bonds. The van der Waals surface area contributed by atoms with Gasteiger partial charge in [-0.2, -0.15) is 4.31 Å². The molecule has 162 valence electrons. The minimum absolute atomic E-state index is 0.0278. The Morgan fingerprint density at radius 1 is 1.31 bits per heavy atom. The Hall–Kier alpha value is -1.53. The Morgan fingerprint density at radius 3 is 2.62 bits per heavy atom. The number of anilines is 1. The summed E-state index contributed by atoms with van der Waals surface area (Å²) in [5.74, 6) is -0.117. The van der Waals surface area contributed by atoms with Gasteiger partial charge in [-0.25, -0.2) is 16.8 Å². The summed E-state index contributed by atoms with van der Waals surface area (Å²) in [5.41, 5.74) is 1.17. The normalized spacial score (nSPS) is 22.7. The monoisotopic (exact) mass is 445 g/mol. The van der Waals surface area contributed by atoms with E-state index in [9.17, 15) is 21.6 Å². The zero-order valence-corrected chi connectivity index (χ0v) is 18.3. The van der Waals surface area contributed by atoms with Crippen LogP contribution in [0, 0.1) is 6.92 Å². The summed E-state index contributed by atoms with van der Waals surface area (Å²) >= 11 is 0. The van der Waals surface area contributed by atoms with Crippen LogP contribution in [0.25, 0.3) is 0 Å². The lowest BCUT2D eigenvalue weighted by Gasteiger charge is -2.26. The standard InChI is InChI=1S/C18H27N3O6S2/c1-14-3-4-16(29(25,26)21-6-8-27-9-7-21)11-17(14)19-18(22)12-20(2)15-5-10-28(23,24)13-15/h3-4,11,15H,5-10,12-13H2,1-2H3,(H,19,22)/t15-/m1/s1. The SMILES string of the molecule is Cc1ccc(S(=O)(=O)N2CCOCC2)cc1NC(=O)CN(C)[C@@H]1CCS(=O)(=O)C1. The largest absolute Gasteiger partial charge is 0.379 e. The summed E-state index contributed by atoms with van der Waals surface area (Å²) in [7, 11) is -4.97. The fourth-order valence-corrected chi connectivity index (χ4v) is 6.74. The Bertz CT molecular complexity index is 971. The van der Waals surface area contributed by atoms with Crippen molar-refractivity contribution in [2.24, 2.45) is 0 Å². The average Bonchev–Trinajstić information content (AvgIpc) is 3.04. The maximum atomic E-state index is 12.8. The van der Waals surface area contributed by atoms with Gasteiger partial charge in [0, 0.05) is 24.8 Å². The number of hydrogen-bond donors (Lipinski definition) is 1. The molecule has 0 radical (unpaired) electrons. The summed E-state index contributed by atoms with van der Waals surface area (Å²) in [6, 6.07) is 4.49. The van der Waals surface area contributed by atoms with Gasteiger partial charge in [0.15, 0.2) is 9.84 Å². The second-order valence-electron chi connectivity index (χ2n) is 7.51. The fourth-order valence-electron chi connectivity index (χ4n) is 3.50. The van der Waals surface area contributed by atoms with Crippen LogP contribution < -0.4 is 5.32 Å². The van der Waals surface area contributed by atoms with Crippen molar-refractivity contribution in [2.45, 2.75) is 24.3 Å². The van der Waals surface area contributed by atoms with E-state index in [1.807, 2.05) is 0 Å². The Morgan fingerprint density at radius 2 is 2.00 bits per heavy atom. The molecule has 1 aromatic rings. The number of carbonyl (C=O) groups excluding carboxylic acids is 1. The number of amides is 1. The Balaban J connectivity index is 1.69. The lowest BCUT2D eigenvalue weighted by atomic mass is 10.2. The number of sulfone groups is 1. The predicted octanol–water partition coefficient (Wildman–Crippen LogP) is 0.0733. The van der Waals surface area contributed by atoms with E-state index in [0.29, 0.717) is 38.4 Å². The van der Waals surface area contributed by atoms with Crippen LogP contribution in [0.4, 0.5) is 5.69 Å². The maximum absolute atomic E-state index is 12.8. The molecule has 2 heterocycles. The molecule has 3 rings (SSSR count). The lowest BCUT2D eigenvalue weighted by molar-refractivity contribution is -0.117. The summed E-state index contributed by atoms with van der Waals surface area (Å²) in [6.07, 6.45) is 0.512. The van der Waals surface area contributed by atoms with Gasteiger partial charge in [0.25, 0.3) is 0 Å². The van der Waals surface area contributed by atoms with E-state index in [2.05, 4.69) is 5.32 Å². The Labute approximate surface area is 172 Å². The highest BCUT2D eigenvalue weighted by atomic mass is 32.2. The molecule has 1 N–H and O–H groups in total. The highest BCUT2D eigenvalue weighted by molar-refractivity contribution is 7.91.